The Balaban J connectivity index is 2.01. The molecule has 4 heteroatoms. The van der Waals surface area contributed by atoms with Crippen LogP contribution in [0.25, 0.3) is 0 Å². The van der Waals surface area contributed by atoms with Crippen molar-refractivity contribution in [2.45, 2.75) is 103 Å². The molecule has 0 saturated carbocycles. The monoisotopic (exact) mass is 348 g/mol. The summed E-state index contributed by atoms with van der Waals surface area (Å²) in [4.78, 5) is 19.9. The summed E-state index contributed by atoms with van der Waals surface area (Å²) in [6, 6.07) is 0. The molecule has 1 heterocycles. The highest BCUT2D eigenvalue weighted by Crippen LogP contribution is 2.15. The zero-order valence-corrected chi connectivity index (χ0v) is 16.2. The Labute approximate surface area is 153 Å². The first kappa shape index (κ1) is 21.6. The van der Waals surface area contributed by atoms with Crippen LogP contribution in [0.1, 0.15) is 108 Å². The predicted molar refractivity (Wildman–Crippen MR) is 103 cm³/mol. The van der Waals surface area contributed by atoms with Crippen LogP contribution in [0.2, 0.25) is 0 Å². The number of aromatic nitrogens is 2. The second-order valence-electron chi connectivity index (χ2n) is 6.85. The number of esters is 1. The van der Waals surface area contributed by atoms with Crippen molar-refractivity contribution in [3.63, 3.8) is 0 Å². The summed E-state index contributed by atoms with van der Waals surface area (Å²) in [5.74, 6) is -0.358. The molecular weight excluding hydrogens is 312 g/mol. The van der Waals surface area contributed by atoms with Gasteiger partial charge in [0, 0.05) is 12.4 Å². The molecule has 1 unspecified atom stereocenters. The van der Waals surface area contributed by atoms with Crippen LogP contribution in [0, 0.1) is 0 Å². The summed E-state index contributed by atoms with van der Waals surface area (Å²) in [6.45, 7) is 4.33. The van der Waals surface area contributed by atoms with Crippen molar-refractivity contribution >= 4 is 5.97 Å². The largest absolute Gasteiger partial charge is 0.458 e. The molecule has 0 spiro atoms. The van der Waals surface area contributed by atoms with E-state index in [1.165, 1.54) is 76.6 Å². The average molecular weight is 349 g/mol. The van der Waals surface area contributed by atoms with E-state index in [-0.39, 0.29) is 12.1 Å². The third-order valence-electron chi connectivity index (χ3n) is 4.63. The predicted octanol–water partition coefficient (Wildman–Crippen LogP) is 6.11. The molecule has 1 aromatic heterocycles. The van der Waals surface area contributed by atoms with Crippen molar-refractivity contribution < 1.29 is 9.53 Å². The molecule has 0 aliphatic heterocycles. The zero-order valence-electron chi connectivity index (χ0n) is 16.2. The Hall–Kier alpha value is -1.45. The van der Waals surface area contributed by atoms with Gasteiger partial charge in [-0.15, -0.1) is 0 Å². The minimum Gasteiger partial charge on any atom is -0.458 e. The number of hydrogen-bond acceptors (Lipinski definition) is 4. The van der Waals surface area contributed by atoms with Gasteiger partial charge in [0.15, 0.2) is 5.69 Å². The molecule has 0 N–H and O–H groups in total. The van der Waals surface area contributed by atoms with E-state index in [1.807, 2.05) is 0 Å². The molecule has 1 rings (SSSR count). The van der Waals surface area contributed by atoms with Crippen LogP contribution in [-0.4, -0.2) is 22.0 Å². The van der Waals surface area contributed by atoms with Gasteiger partial charge in [-0.1, -0.05) is 78.1 Å². The highest BCUT2D eigenvalue weighted by atomic mass is 16.5. The first-order valence-corrected chi connectivity index (χ1v) is 10.2. The minimum absolute atomic E-state index is 0.00642. The third kappa shape index (κ3) is 10.9. The van der Waals surface area contributed by atoms with E-state index in [4.69, 9.17) is 4.74 Å². The molecule has 0 bridgehead atoms. The van der Waals surface area contributed by atoms with Crippen LogP contribution in [0.4, 0.5) is 0 Å². The lowest BCUT2D eigenvalue weighted by molar-refractivity contribution is 0.0259. The summed E-state index contributed by atoms with van der Waals surface area (Å²) in [5.41, 5.74) is 0.292. The molecule has 1 aromatic rings. The maximum atomic E-state index is 12.0. The highest BCUT2D eigenvalue weighted by molar-refractivity contribution is 5.86. The van der Waals surface area contributed by atoms with E-state index in [0.29, 0.717) is 5.69 Å². The number of hydrogen-bond donors (Lipinski definition) is 0. The summed E-state index contributed by atoms with van der Waals surface area (Å²) in [6.07, 6.45) is 21.0. The van der Waals surface area contributed by atoms with Gasteiger partial charge in [-0.2, -0.15) is 0 Å². The molecule has 0 fully saturated rings. The van der Waals surface area contributed by atoms with Crippen LogP contribution in [0.3, 0.4) is 0 Å². The smallest absolute Gasteiger partial charge is 0.358 e. The molecule has 4 nitrogen and oxygen atoms in total. The van der Waals surface area contributed by atoms with Crippen molar-refractivity contribution in [2.24, 2.45) is 0 Å². The van der Waals surface area contributed by atoms with Crippen molar-refractivity contribution in [1.82, 2.24) is 9.97 Å². The van der Waals surface area contributed by atoms with Gasteiger partial charge in [0.05, 0.1) is 6.20 Å². The third-order valence-corrected chi connectivity index (χ3v) is 4.63. The molecule has 25 heavy (non-hydrogen) atoms. The fourth-order valence-corrected chi connectivity index (χ4v) is 3.00. The van der Waals surface area contributed by atoms with Gasteiger partial charge >= 0.3 is 5.97 Å². The van der Waals surface area contributed by atoms with Gasteiger partial charge in [-0.05, 0) is 19.3 Å². The summed E-state index contributed by atoms with van der Waals surface area (Å²) < 4.78 is 5.54. The standard InChI is InChI=1S/C21H36N2O2/c1-3-5-6-7-8-9-10-11-12-13-14-15-19(4-2)25-21(24)20-18-22-16-17-23-20/h16-19H,3-15H2,1-2H3. The first-order valence-electron chi connectivity index (χ1n) is 10.2. The van der Waals surface area contributed by atoms with E-state index >= 15 is 0 Å². The first-order chi connectivity index (χ1) is 12.3. The summed E-state index contributed by atoms with van der Waals surface area (Å²) in [7, 11) is 0. The summed E-state index contributed by atoms with van der Waals surface area (Å²) >= 11 is 0. The molecule has 0 amide bonds. The van der Waals surface area contributed by atoms with Crippen LogP contribution >= 0.6 is 0 Å². The molecule has 0 saturated heterocycles. The second kappa shape index (κ2) is 14.9. The molecular formula is C21H36N2O2. The van der Waals surface area contributed by atoms with Gasteiger partial charge in [-0.3, -0.25) is 4.98 Å². The Morgan fingerprint density at radius 1 is 0.920 bits per heavy atom. The van der Waals surface area contributed by atoms with Crippen LogP contribution in [0.5, 0.6) is 0 Å². The normalized spacial score (nSPS) is 12.1. The topological polar surface area (TPSA) is 52.1 Å². The number of rotatable bonds is 15. The molecule has 0 aliphatic rings. The van der Waals surface area contributed by atoms with Crippen molar-refractivity contribution in [2.75, 3.05) is 0 Å². The highest BCUT2D eigenvalue weighted by Gasteiger charge is 2.15. The fourth-order valence-electron chi connectivity index (χ4n) is 3.00. The van der Waals surface area contributed by atoms with Crippen molar-refractivity contribution in [3.8, 4) is 0 Å². The number of carbonyl (C=O) groups is 1. The Bertz CT molecular complexity index is 437. The van der Waals surface area contributed by atoms with Gasteiger partial charge in [0.2, 0.25) is 0 Å². The number of nitrogens with zero attached hydrogens (tertiary/aromatic N) is 2. The number of carbonyl (C=O) groups excluding carboxylic acids is 1. The van der Waals surface area contributed by atoms with Gasteiger partial charge in [0.1, 0.15) is 6.10 Å². The Morgan fingerprint density at radius 2 is 1.52 bits per heavy atom. The zero-order chi connectivity index (χ0) is 18.2. The second-order valence-corrected chi connectivity index (χ2v) is 6.85. The van der Waals surface area contributed by atoms with Crippen molar-refractivity contribution in [1.29, 1.82) is 0 Å². The molecule has 142 valence electrons. The van der Waals surface area contributed by atoms with Crippen molar-refractivity contribution in [3.05, 3.63) is 24.3 Å². The summed E-state index contributed by atoms with van der Waals surface area (Å²) in [5, 5.41) is 0. The molecule has 0 aliphatic carbocycles. The fraction of sp³-hybridized carbons (Fsp3) is 0.762. The Kier molecular flexibility index (Phi) is 12.8. The van der Waals surface area contributed by atoms with E-state index in [2.05, 4.69) is 23.8 Å². The maximum absolute atomic E-state index is 12.0. The number of unbranched alkanes of at least 4 members (excludes halogenated alkanes) is 10. The Morgan fingerprint density at radius 3 is 2.04 bits per heavy atom. The molecule has 0 radical (unpaired) electrons. The SMILES string of the molecule is CCCCCCCCCCCCCC(CC)OC(=O)c1cnccn1. The van der Waals surface area contributed by atoms with Gasteiger partial charge in [-0.25, -0.2) is 9.78 Å². The van der Waals surface area contributed by atoms with Gasteiger partial charge < -0.3 is 4.74 Å². The number of ether oxygens (including phenoxy) is 1. The van der Waals surface area contributed by atoms with E-state index in [0.717, 1.165) is 19.3 Å². The lowest BCUT2D eigenvalue weighted by atomic mass is 10.0. The maximum Gasteiger partial charge on any atom is 0.358 e. The molecule has 0 aromatic carbocycles. The van der Waals surface area contributed by atoms with E-state index < -0.39 is 0 Å². The van der Waals surface area contributed by atoms with E-state index in [1.54, 1.807) is 6.20 Å². The molecule has 1 atom stereocenters. The van der Waals surface area contributed by atoms with Crippen LogP contribution in [0.15, 0.2) is 18.6 Å². The minimum atomic E-state index is -0.358. The van der Waals surface area contributed by atoms with Gasteiger partial charge in [0.25, 0.3) is 0 Å². The lowest BCUT2D eigenvalue weighted by Crippen LogP contribution is -2.18. The van der Waals surface area contributed by atoms with Crippen LogP contribution in [-0.2, 0) is 4.74 Å². The van der Waals surface area contributed by atoms with Crippen LogP contribution < -0.4 is 0 Å². The lowest BCUT2D eigenvalue weighted by Gasteiger charge is -2.15. The quantitative estimate of drug-likeness (QED) is 0.283. The van der Waals surface area contributed by atoms with E-state index in [9.17, 15) is 4.79 Å². The average Bonchev–Trinajstić information content (AvgIpc) is 2.65.